The fourth-order valence-corrected chi connectivity index (χ4v) is 10.6. The number of hydrogen-bond acceptors (Lipinski definition) is 15. The van der Waals surface area contributed by atoms with Gasteiger partial charge in [0.1, 0.15) is 29.9 Å². The summed E-state index contributed by atoms with van der Waals surface area (Å²) >= 11 is 0. The first-order chi connectivity index (χ1) is 33.3. The lowest BCUT2D eigenvalue weighted by Crippen LogP contribution is -2.70. The van der Waals surface area contributed by atoms with Crippen LogP contribution >= 0.6 is 0 Å². The maximum Gasteiger partial charge on any atom is 0.416 e. The molecule has 17 heteroatoms. The van der Waals surface area contributed by atoms with Gasteiger partial charge in [-0.1, -0.05) is 36.2 Å². The third-order valence-electron chi connectivity index (χ3n) is 13.9. The Morgan fingerprint density at radius 1 is 0.971 bits per heavy atom. The molecule has 2 aliphatic carbocycles. The number of aliphatic hydroxyl groups is 2. The molecule has 3 aromatic rings. The van der Waals surface area contributed by atoms with E-state index in [1.807, 2.05) is 24.3 Å². The highest BCUT2D eigenvalue weighted by Gasteiger charge is 2.66. The van der Waals surface area contributed by atoms with Gasteiger partial charge >= 0.3 is 6.09 Å². The quantitative estimate of drug-likeness (QED) is 0.0325. The predicted octanol–water partition coefficient (Wildman–Crippen LogP) is 7.88. The van der Waals surface area contributed by atoms with Crippen LogP contribution in [0.15, 0.2) is 90.1 Å². The van der Waals surface area contributed by atoms with Crippen LogP contribution in [-0.2, 0) is 20.9 Å². The molecule has 0 aromatic heterocycles. The Kier molecular flexibility index (Phi) is 15.1. The zero-order chi connectivity index (χ0) is 47.0. The Balaban J connectivity index is 1.22. The van der Waals surface area contributed by atoms with Gasteiger partial charge in [-0.3, -0.25) is 19.9 Å². The molecule has 7 atom stereocenters. The van der Waals surface area contributed by atoms with Crippen LogP contribution in [0.3, 0.4) is 0 Å². The second kappa shape index (κ2) is 21.7. The summed E-state index contributed by atoms with van der Waals surface area (Å²) in [5.74, 6) is 0.0682. The number of aliphatic hydroxyl groups excluding tert-OH is 2. The highest BCUT2D eigenvalue weighted by molar-refractivity contribution is 6.03. The lowest BCUT2D eigenvalue weighted by molar-refractivity contribution is -0.384. The van der Waals surface area contributed by atoms with E-state index in [0.717, 1.165) is 69.3 Å². The van der Waals surface area contributed by atoms with Crippen LogP contribution < -0.4 is 23.7 Å². The lowest BCUT2D eigenvalue weighted by atomic mass is 9.55. The Labute approximate surface area is 396 Å². The van der Waals surface area contributed by atoms with Crippen molar-refractivity contribution in [1.82, 2.24) is 9.80 Å². The SMILES string of the molecule is C=CCO[C@@]12Oc3ccc(OCCN4CC4)cc3[C@H]3[C@H](CCCCO)[C@@H](CCCCO)C=C(C(=NOC4CCCCO4)C[C@@H]1N(Cc1ccc4c(c1)OCO4)C(=O)Oc1ccc([N+](=O)[O-])cc1)[C@H]32. The van der Waals surface area contributed by atoms with Crippen molar-refractivity contribution in [2.75, 3.05) is 59.5 Å². The number of rotatable bonds is 22. The van der Waals surface area contributed by atoms with E-state index >= 15 is 4.79 Å². The number of fused-ring (bicyclic) bond motifs is 3. The number of nitro benzene ring substituents is 1. The number of oxime groups is 1. The molecule has 4 heterocycles. The predicted molar refractivity (Wildman–Crippen MR) is 249 cm³/mol. The smallest absolute Gasteiger partial charge is 0.416 e. The summed E-state index contributed by atoms with van der Waals surface area (Å²) in [6.45, 7) is 8.34. The fraction of sp³-hybridized carbons (Fsp3) is 0.529. The number of carbonyl (C=O) groups excluding carboxylic acids is 1. The Morgan fingerprint density at radius 2 is 1.75 bits per heavy atom. The molecule has 1 saturated carbocycles. The molecule has 68 heavy (non-hydrogen) atoms. The zero-order valence-corrected chi connectivity index (χ0v) is 38.4. The van der Waals surface area contributed by atoms with Crippen molar-refractivity contribution >= 4 is 17.5 Å². The molecule has 0 radical (unpaired) electrons. The topological polar surface area (TPSA) is 193 Å². The highest BCUT2D eigenvalue weighted by Crippen LogP contribution is 2.62. The highest BCUT2D eigenvalue weighted by atomic mass is 16.8. The molecule has 4 aliphatic heterocycles. The monoisotopic (exact) mass is 938 g/mol. The van der Waals surface area contributed by atoms with Crippen molar-refractivity contribution in [2.24, 2.45) is 22.9 Å². The van der Waals surface area contributed by atoms with Crippen molar-refractivity contribution in [3.8, 4) is 28.7 Å². The molecule has 6 aliphatic rings. The first kappa shape index (κ1) is 47.4. The molecule has 3 aromatic carbocycles. The molecule has 2 N–H and O–H groups in total. The average molecular weight is 939 g/mol. The minimum absolute atomic E-state index is 0.00635. The van der Waals surface area contributed by atoms with E-state index in [1.54, 1.807) is 17.0 Å². The third kappa shape index (κ3) is 10.5. The average Bonchev–Trinajstić information content (AvgIpc) is 4.06. The summed E-state index contributed by atoms with van der Waals surface area (Å²) in [7, 11) is 0. The number of nitro groups is 1. The van der Waals surface area contributed by atoms with E-state index in [1.165, 1.54) is 24.3 Å². The van der Waals surface area contributed by atoms with Crippen LogP contribution in [0.1, 0.15) is 81.3 Å². The second-order valence-electron chi connectivity index (χ2n) is 18.3. The van der Waals surface area contributed by atoms with Gasteiger partial charge < -0.3 is 48.2 Å². The van der Waals surface area contributed by atoms with Crippen LogP contribution in [0.5, 0.6) is 28.7 Å². The number of nitrogens with zero attached hydrogens (tertiary/aromatic N) is 4. The van der Waals surface area contributed by atoms with Gasteiger partial charge in [0.25, 0.3) is 5.69 Å². The fourth-order valence-electron chi connectivity index (χ4n) is 10.6. The Morgan fingerprint density at radius 3 is 2.50 bits per heavy atom. The van der Waals surface area contributed by atoms with Gasteiger partial charge in [-0.2, -0.15) is 0 Å². The molecular weight excluding hydrogens is 877 g/mol. The Bertz CT molecular complexity index is 2310. The van der Waals surface area contributed by atoms with E-state index in [9.17, 15) is 20.3 Å². The first-order valence-electron chi connectivity index (χ1n) is 24.1. The number of amides is 1. The molecule has 3 fully saturated rings. The molecule has 2 saturated heterocycles. The van der Waals surface area contributed by atoms with E-state index in [0.29, 0.717) is 66.7 Å². The molecule has 364 valence electrons. The van der Waals surface area contributed by atoms with E-state index in [-0.39, 0.29) is 68.8 Å². The number of benzene rings is 3. The van der Waals surface area contributed by atoms with Crippen molar-refractivity contribution in [3.05, 3.63) is 106 Å². The molecule has 17 nitrogen and oxygen atoms in total. The van der Waals surface area contributed by atoms with Crippen molar-refractivity contribution in [2.45, 2.75) is 94.8 Å². The third-order valence-corrected chi connectivity index (χ3v) is 13.9. The van der Waals surface area contributed by atoms with Crippen LogP contribution in [-0.4, -0.2) is 114 Å². The minimum atomic E-state index is -1.59. The molecular formula is C51H62N4O13. The van der Waals surface area contributed by atoms with E-state index < -0.39 is 35.1 Å². The van der Waals surface area contributed by atoms with Gasteiger partial charge in [0.2, 0.25) is 18.9 Å². The summed E-state index contributed by atoms with van der Waals surface area (Å²) in [6, 6.07) is 15.8. The number of non-ortho nitro benzene ring substituents is 1. The molecule has 1 unspecified atom stereocenters. The Hall–Kier alpha value is -5.72. The van der Waals surface area contributed by atoms with Crippen LogP contribution in [0.25, 0.3) is 0 Å². The normalized spacial score (nSPS) is 26.1. The molecule has 1 amide bonds. The summed E-state index contributed by atoms with van der Waals surface area (Å²) in [5.41, 5.74) is 2.98. The molecule has 9 rings (SSSR count). The van der Waals surface area contributed by atoms with Crippen molar-refractivity contribution in [1.29, 1.82) is 0 Å². The molecule has 0 spiro atoms. The first-order valence-corrected chi connectivity index (χ1v) is 24.1. The summed E-state index contributed by atoms with van der Waals surface area (Å²) in [5, 5.41) is 36.6. The van der Waals surface area contributed by atoms with Gasteiger partial charge in [0.15, 0.2) is 11.5 Å². The summed E-state index contributed by atoms with van der Waals surface area (Å²) < 4.78 is 44.6. The van der Waals surface area contributed by atoms with Gasteiger partial charge in [-0.15, -0.1) is 6.58 Å². The largest absolute Gasteiger partial charge is 0.492 e. The standard InChI is InChI=1S/C51H62N4O13/c1-2-25-65-51-46(54(32-34-12-18-44-45(28-34)64-33-63-44)50(58)66-37-15-13-36(14-16-37)55(59)60)31-42(52-68-47-11-5-8-26-62-47)40-29-35(9-3-6-23-56)39(10-4-7-24-57)48(49(40)51)41-30-38(17-19-43(41)67-51)61-27-22-53-20-21-53/h2,12-19,28-30,35,39,46-49,56-57H,1,3-11,20-27,31-33H2/t35-,39+,46-,47?,48+,49+,51+/m0/s1. The number of carbonyl (C=O) groups is 1. The second-order valence-corrected chi connectivity index (χ2v) is 18.3. The van der Waals surface area contributed by atoms with Crippen LogP contribution in [0, 0.1) is 27.9 Å². The van der Waals surface area contributed by atoms with Gasteiger partial charge in [-0.05, 0) is 104 Å². The number of allylic oxidation sites excluding steroid dienone is 1. The van der Waals surface area contributed by atoms with Crippen molar-refractivity contribution in [3.63, 3.8) is 0 Å². The lowest BCUT2D eigenvalue weighted by Gasteiger charge is -2.59. The number of hydrogen-bond donors (Lipinski definition) is 2. The zero-order valence-electron chi connectivity index (χ0n) is 38.4. The minimum Gasteiger partial charge on any atom is -0.492 e. The van der Waals surface area contributed by atoms with E-state index in [4.69, 9.17) is 43.2 Å². The maximum absolute atomic E-state index is 15.2. The summed E-state index contributed by atoms with van der Waals surface area (Å²) in [4.78, 5) is 36.5. The number of ether oxygens (including phenoxy) is 7. The van der Waals surface area contributed by atoms with Gasteiger partial charge in [0, 0.05) is 75.8 Å². The van der Waals surface area contributed by atoms with Crippen molar-refractivity contribution < 1.29 is 57.9 Å². The van der Waals surface area contributed by atoms with Crippen LogP contribution in [0.4, 0.5) is 10.5 Å². The van der Waals surface area contributed by atoms with Crippen LogP contribution in [0.2, 0.25) is 0 Å². The summed E-state index contributed by atoms with van der Waals surface area (Å²) in [6.07, 6.45) is 9.65. The number of unbranched alkanes of at least 4 members (excludes halogenated alkanes) is 2. The van der Waals surface area contributed by atoms with Gasteiger partial charge in [-0.25, -0.2) is 4.79 Å². The van der Waals surface area contributed by atoms with Gasteiger partial charge in [0.05, 0.1) is 29.8 Å². The maximum atomic E-state index is 15.2. The molecule has 0 bridgehead atoms. The van der Waals surface area contributed by atoms with E-state index in [2.05, 4.69) is 23.6 Å².